The van der Waals surface area contributed by atoms with E-state index < -0.39 is 0 Å². The van der Waals surface area contributed by atoms with E-state index in [2.05, 4.69) is 18.2 Å². The van der Waals surface area contributed by atoms with E-state index in [0.717, 1.165) is 6.42 Å². The van der Waals surface area contributed by atoms with Crippen molar-refractivity contribution in [1.29, 1.82) is 0 Å². The predicted octanol–water partition coefficient (Wildman–Crippen LogP) is 2.45. The van der Waals surface area contributed by atoms with Gasteiger partial charge < -0.3 is 9.47 Å². The third-order valence-electron chi connectivity index (χ3n) is 2.72. The van der Waals surface area contributed by atoms with Crippen molar-refractivity contribution in [2.24, 2.45) is 0 Å². The number of rotatable bonds is 7. The highest BCUT2D eigenvalue weighted by Crippen LogP contribution is 2.32. The maximum absolute atomic E-state index is 11.1. The standard InChI is InChI=1S/C12H20O3/c1-4-5-6-7-8-10-11(15-10)9(2)12(13)14-3/h10-11H,2,4-8H2,1,3H3. The van der Waals surface area contributed by atoms with Crippen LogP contribution in [0.15, 0.2) is 12.2 Å². The average molecular weight is 212 g/mol. The molecular weight excluding hydrogens is 192 g/mol. The van der Waals surface area contributed by atoms with Gasteiger partial charge in [0.2, 0.25) is 0 Å². The number of unbranched alkanes of at least 4 members (excludes halogenated alkanes) is 3. The van der Waals surface area contributed by atoms with Crippen LogP contribution < -0.4 is 0 Å². The van der Waals surface area contributed by atoms with Crippen LogP contribution in [0.3, 0.4) is 0 Å². The lowest BCUT2D eigenvalue weighted by Crippen LogP contribution is -2.10. The van der Waals surface area contributed by atoms with Crippen molar-refractivity contribution in [1.82, 2.24) is 0 Å². The Hall–Kier alpha value is -0.830. The van der Waals surface area contributed by atoms with Gasteiger partial charge in [-0.2, -0.15) is 0 Å². The fourth-order valence-corrected chi connectivity index (χ4v) is 1.69. The Morgan fingerprint density at radius 2 is 2.13 bits per heavy atom. The van der Waals surface area contributed by atoms with Gasteiger partial charge in [0, 0.05) is 0 Å². The van der Waals surface area contributed by atoms with Gasteiger partial charge in [0.25, 0.3) is 0 Å². The monoisotopic (exact) mass is 212 g/mol. The molecule has 3 nitrogen and oxygen atoms in total. The molecular formula is C12H20O3. The number of ether oxygens (including phenoxy) is 2. The fourth-order valence-electron chi connectivity index (χ4n) is 1.69. The van der Waals surface area contributed by atoms with E-state index in [1.54, 1.807) is 0 Å². The summed E-state index contributed by atoms with van der Waals surface area (Å²) >= 11 is 0. The maximum atomic E-state index is 11.1. The molecule has 0 aromatic rings. The Balaban J connectivity index is 2.12. The van der Waals surface area contributed by atoms with Crippen molar-refractivity contribution in [2.45, 2.75) is 51.2 Å². The molecule has 0 aromatic carbocycles. The number of carbonyl (C=O) groups is 1. The Kier molecular flexibility index (Phi) is 4.82. The minimum Gasteiger partial charge on any atom is -0.466 e. The fraction of sp³-hybridized carbons (Fsp3) is 0.750. The number of epoxide rings is 1. The number of hydrogen-bond acceptors (Lipinski definition) is 3. The van der Waals surface area contributed by atoms with E-state index in [-0.39, 0.29) is 18.2 Å². The quantitative estimate of drug-likeness (QED) is 0.281. The summed E-state index contributed by atoms with van der Waals surface area (Å²) < 4.78 is 9.97. The summed E-state index contributed by atoms with van der Waals surface area (Å²) in [7, 11) is 1.37. The van der Waals surface area contributed by atoms with Gasteiger partial charge in [-0.15, -0.1) is 0 Å². The molecule has 0 bridgehead atoms. The van der Waals surface area contributed by atoms with Crippen LogP contribution in [-0.2, 0) is 14.3 Å². The maximum Gasteiger partial charge on any atom is 0.335 e. The van der Waals surface area contributed by atoms with Crippen LogP contribution in [0.4, 0.5) is 0 Å². The summed E-state index contributed by atoms with van der Waals surface area (Å²) in [6, 6.07) is 0. The number of esters is 1. The summed E-state index contributed by atoms with van der Waals surface area (Å²) in [5.41, 5.74) is 0.456. The Morgan fingerprint density at radius 1 is 1.40 bits per heavy atom. The molecule has 0 radical (unpaired) electrons. The van der Waals surface area contributed by atoms with Crippen LogP contribution in [0, 0.1) is 0 Å². The molecule has 1 aliphatic heterocycles. The van der Waals surface area contributed by atoms with Gasteiger partial charge in [0.1, 0.15) is 6.10 Å². The van der Waals surface area contributed by atoms with E-state index in [1.807, 2.05) is 0 Å². The number of carbonyl (C=O) groups excluding carboxylic acids is 1. The predicted molar refractivity (Wildman–Crippen MR) is 58.6 cm³/mol. The smallest absolute Gasteiger partial charge is 0.335 e. The summed E-state index contributed by atoms with van der Waals surface area (Å²) in [5, 5.41) is 0. The lowest BCUT2D eigenvalue weighted by Gasteiger charge is -1.99. The molecule has 1 rings (SSSR count). The van der Waals surface area contributed by atoms with Gasteiger partial charge in [-0.1, -0.05) is 39.2 Å². The molecule has 1 fully saturated rings. The summed E-state index contributed by atoms with van der Waals surface area (Å²) in [5.74, 6) is -0.351. The van der Waals surface area contributed by atoms with E-state index in [9.17, 15) is 4.79 Å². The Labute approximate surface area is 91.4 Å². The minimum absolute atomic E-state index is 0.0842. The summed E-state index contributed by atoms with van der Waals surface area (Å²) in [4.78, 5) is 11.1. The first-order chi connectivity index (χ1) is 7.20. The van der Waals surface area contributed by atoms with Crippen LogP contribution >= 0.6 is 0 Å². The molecule has 0 spiro atoms. The number of methoxy groups -OCH3 is 1. The molecule has 1 saturated heterocycles. The van der Waals surface area contributed by atoms with Crippen LogP contribution in [0.1, 0.15) is 39.0 Å². The molecule has 0 saturated carbocycles. The van der Waals surface area contributed by atoms with E-state index in [1.165, 1.54) is 32.8 Å². The summed E-state index contributed by atoms with van der Waals surface area (Å²) in [6.07, 6.45) is 6.07. The lowest BCUT2D eigenvalue weighted by molar-refractivity contribution is -0.136. The van der Waals surface area contributed by atoms with Crippen molar-refractivity contribution < 1.29 is 14.3 Å². The Bertz CT molecular complexity index is 235. The molecule has 0 aliphatic carbocycles. The van der Waals surface area contributed by atoms with Crippen molar-refractivity contribution in [3.8, 4) is 0 Å². The average Bonchev–Trinajstić information content (AvgIpc) is 3.01. The van der Waals surface area contributed by atoms with Gasteiger partial charge in [-0.05, 0) is 6.42 Å². The third-order valence-corrected chi connectivity index (χ3v) is 2.72. The van der Waals surface area contributed by atoms with Gasteiger partial charge in [0.05, 0.1) is 18.8 Å². The zero-order valence-electron chi connectivity index (χ0n) is 9.62. The zero-order valence-corrected chi connectivity index (χ0v) is 9.62. The van der Waals surface area contributed by atoms with Crippen molar-refractivity contribution in [2.75, 3.05) is 7.11 Å². The van der Waals surface area contributed by atoms with Crippen LogP contribution in [0.2, 0.25) is 0 Å². The molecule has 1 heterocycles. The molecule has 15 heavy (non-hydrogen) atoms. The van der Waals surface area contributed by atoms with Gasteiger partial charge in [0.15, 0.2) is 0 Å². The van der Waals surface area contributed by atoms with E-state index in [0.29, 0.717) is 5.57 Å². The molecule has 1 aliphatic rings. The molecule has 2 unspecified atom stereocenters. The van der Waals surface area contributed by atoms with E-state index in [4.69, 9.17) is 4.74 Å². The van der Waals surface area contributed by atoms with Crippen molar-refractivity contribution in [3.63, 3.8) is 0 Å². The topological polar surface area (TPSA) is 38.8 Å². The van der Waals surface area contributed by atoms with Crippen LogP contribution in [-0.4, -0.2) is 25.3 Å². The van der Waals surface area contributed by atoms with Crippen LogP contribution in [0.5, 0.6) is 0 Å². The van der Waals surface area contributed by atoms with Gasteiger partial charge >= 0.3 is 5.97 Å². The molecule has 0 N–H and O–H groups in total. The highest BCUT2D eigenvalue weighted by atomic mass is 16.6. The molecule has 2 atom stereocenters. The number of hydrogen-bond donors (Lipinski definition) is 0. The first kappa shape index (κ1) is 12.2. The first-order valence-corrected chi connectivity index (χ1v) is 5.63. The van der Waals surface area contributed by atoms with Crippen molar-refractivity contribution in [3.05, 3.63) is 12.2 Å². The third kappa shape index (κ3) is 3.67. The summed E-state index contributed by atoms with van der Waals surface area (Å²) in [6.45, 7) is 5.87. The second-order valence-electron chi connectivity index (χ2n) is 3.96. The lowest BCUT2D eigenvalue weighted by atomic mass is 10.1. The molecule has 0 aromatic heterocycles. The van der Waals surface area contributed by atoms with Crippen LogP contribution in [0.25, 0.3) is 0 Å². The SMILES string of the molecule is C=C(C(=O)OC)C1OC1CCCCCC. The normalized spacial score (nSPS) is 23.6. The largest absolute Gasteiger partial charge is 0.466 e. The highest BCUT2D eigenvalue weighted by molar-refractivity contribution is 5.89. The zero-order chi connectivity index (χ0) is 11.3. The molecule has 3 heteroatoms. The second-order valence-corrected chi connectivity index (χ2v) is 3.96. The highest BCUT2D eigenvalue weighted by Gasteiger charge is 2.42. The van der Waals surface area contributed by atoms with Crippen molar-refractivity contribution >= 4 is 5.97 Å². The second kappa shape index (κ2) is 5.91. The molecule has 86 valence electrons. The van der Waals surface area contributed by atoms with Gasteiger partial charge in [-0.25, -0.2) is 4.79 Å². The minimum atomic E-state index is -0.351. The Morgan fingerprint density at radius 3 is 2.73 bits per heavy atom. The molecule has 0 amide bonds. The van der Waals surface area contributed by atoms with E-state index >= 15 is 0 Å². The first-order valence-electron chi connectivity index (χ1n) is 5.63. The van der Waals surface area contributed by atoms with Gasteiger partial charge in [-0.3, -0.25) is 0 Å².